The molecule has 1 aromatic rings. The SMILES string of the molecule is CCCCCCCCCCCCCCCCc1cccc(C(C)(C)Cl)c1. The van der Waals surface area contributed by atoms with Crippen molar-refractivity contribution < 1.29 is 0 Å². The van der Waals surface area contributed by atoms with E-state index in [4.69, 9.17) is 11.6 Å². The summed E-state index contributed by atoms with van der Waals surface area (Å²) in [6.07, 6.45) is 21.1. The molecule has 0 spiro atoms. The fourth-order valence-electron chi connectivity index (χ4n) is 3.62. The maximum atomic E-state index is 6.42. The van der Waals surface area contributed by atoms with Gasteiger partial charge in [0.1, 0.15) is 0 Å². The summed E-state index contributed by atoms with van der Waals surface area (Å²) < 4.78 is 0. The molecule has 1 aromatic carbocycles. The van der Waals surface area contributed by atoms with E-state index in [9.17, 15) is 0 Å². The zero-order valence-corrected chi connectivity index (χ0v) is 18.5. The maximum absolute atomic E-state index is 6.42. The molecule has 0 nitrogen and oxygen atoms in total. The van der Waals surface area contributed by atoms with Crippen LogP contribution in [-0.2, 0) is 11.3 Å². The van der Waals surface area contributed by atoms with Gasteiger partial charge in [0.25, 0.3) is 0 Å². The standard InChI is InChI=1S/C25H43Cl/c1-4-5-6-7-8-9-10-11-12-13-14-15-16-17-19-23-20-18-21-24(22-23)25(2,3)26/h18,20-22H,4-17,19H2,1-3H3. The summed E-state index contributed by atoms with van der Waals surface area (Å²) in [5.74, 6) is 0. The summed E-state index contributed by atoms with van der Waals surface area (Å²) in [7, 11) is 0. The minimum Gasteiger partial charge on any atom is -0.115 e. The monoisotopic (exact) mass is 378 g/mol. The quantitative estimate of drug-likeness (QED) is 0.198. The van der Waals surface area contributed by atoms with Crippen LogP contribution in [0.1, 0.15) is 122 Å². The Kier molecular flexibility index (Phi) is 13.2. The van der Waals surface area contributed by atoms with Gasteiger partial charge >= 0.3 is 0 Å². The smallest absolute Gasteiger partial charge is 0.0638 e. The van der Waals surface area contributed by atoms with Crippen LogP contribution in [0, 0.1) is 0 Å². The Bertz CT molecular complexity index is 444. The van der Waals surface area contributed by atoms with Crippen molar-refractivity contribution in [3.63, 3.8) is 0 Å². The molecule has 0 aliphatic carbocycles. The van der Waals surface area contributed by atoms with Gasteiger partial charge in [-0.25, -0.2) is 0 Å². The number of hydrogen-bond donors (Lipinski definition) is 0. The number of halogens is 1. The van der Waals surface area contributed by atoms with E-state index >= 15 is 0 Å². The Hall–Kier alpha value is -0.490. The highest BCUT2D eigenvalue weighted by Gasteiger charge is 2.16. The van der Waals surface area contributed by atoms with Crippen molar-refractivity contribution in [2.24, 2.45) is 0 Å². The summed E-state index contributed by atoms with van der Waals surface area (Å²) in [6, 6.07) is 8.82. The Morgan fingerprint density at radius 1 is 0.692 bits per heavy atom. The van der Waals surface area contributed by atoms with Crippen LogP contribution in [0.15, 0.2) is 24.3 Å². The van der Waals surface area contributed by atoms with E-state index in [1.54, 1.807) is 0 Å². The summed E-state index contributed by atoms with van der Waals surface area (Å²) in [6.45, 7) is 6.43. The van der Waals surface area contributed by atoms with Gasteiger partial charge in [-0.2, -0.15) is 0 Å². The number of unbranched alkanes of at least 4 members (excludes halogenated alkanes) is 13. The zero-order valence-electron chi connectivity index (χ0n) is 17.8. The van der Waals surface area contributed by atoms with Crippen LogP contribution in [0.5, 0.6) is 0 Å². The van der Waals surface area contributed by atoms with Crippen molar-refractivity contribution in [3.05, 3.63) is 35.4 Å². The molecule has 0 bridgehead atoms. The highest BCUT2D eigenvalue weighted by Crippen LogP contribution is 2.28. The second-order valence-corrected chi connectivity index (χ2v) is 9.46. The second kappa shape index (κ2) is 14.6. The van der Waals surface area contributed by atoms with Gasteiger partial charge in [0.15, 0.2) is 0 Å². The van der Waals surface area contributed by atoms with Gasteiger partial charge in [-0.1, -0.05) is 115 Å². The molecule has 0 aliphatic heterocycles. The molecular weight excluding hydrogens is 336 g/mol. The third-order valence-corrected chi connectivity index (χ3v) is 5.65. The lowest BCUT2D eigenvalue weighted by atomic mass is 9.97. The number of benzene rings is 1. The first-order valence-corrected chi connectivity index (χ1v) is 11.7. The van der Waals surface area contributed by atoms with Crippen LogP contribution in [0.25, 0.3) is 0 Å². The summed E-state index contributed by atoms with van der Waals surface area (Å²) >= 11 is 6.42. The largest absolute Gasteiger partial charge is 0.115 e. The van der Waals surface area contributed by atoms with Crippen LogP contribution in [0.3, 0.4) is 0 Å². The summed E-state index contributed by atoms with van der Waals surface area (Å²) in [5.41, 5.74) is 2.68. The third-order valence-electron chi connectivity index (χ3n) is 5.43. The van der Waals surface area contributed by atoms with Crippen molar-refractivity contribution >= 4 is 11.6 Å². The Labute approximate surface area is 169 Å². The average Bonchev–Trinajstić information content (AvgIpc) is 2.61. The van der Waals surface area contributed by atoms with Crippen LogP contribution >= 0.6 is 11.6 Å². The summed E-state index contributed by atoms with van der Waals surface area (Å²) in [4.78, 5) is -0.258. The molecule has 0 aliphatic rings. The van der Waals surface area contributed by atoms with Gasteiger partial charge in [-0.3, -0.25) is 0 Å². The van der Waals surface area contributed by atoms with E-state index < -0.39 is 0 Å². The molecule has 0 atom stereocenters. The molecule has 0 N–H and O–H groups in total. The Balaban J connectivity index is 1.92. The zero-order chi connectivity index (χ0) is 19.1. The first-order valence-electron chi connectivity index (χ1n) is 11.3. The highest BCUT2D eigenvalue weighted by molar-refractivity contribution is 6.23. The van der Waals surface area contributed by atoms with Gasteiger partial charge in [0, 0.05) is 0 Å². The minimum absolute atomic E-state index is 0.258. The molecule has 0 fully saturated rings. The predicted molar refractivity (Wildman–Crippen MR) is 119 cm³/mol. The van der Waals surface area contributed by atoms with Gasteiger partial charge in [0.05, 0.1) is 4.87 Å². The first-order chi connectivity index (χ1) is 12.5. The number of rotatable bonds is 16. The summed E-state index contributed by atoms with van der Waals surface area (Å²) in [5, 5.41) is 0. The average molecular weight is 379 g/mol. The van der Waals surface area contributed by atoms with Gasteiger partial charge < -0.3 is 0 Å². The molecule has 150 valence electrons. The highest BCUT2D eigenvalue weighted by atomic mass is 35.5. The van der Waals surface area contributed by atoms with E-state index in [0.29, 0.717) is 0 Å². The molecule has 0 radical (unpaired) electrons. The fraction of sp³-hybridized carbons (Fsp3) is 0.760. The Morgan fingerprint density at radius 3 is 1.62 bits per heavy atom. The molecule has 0 saturated carbocycles. The van der Waals surface area contributed by atoms with E-state index in [0.717, 1.165) is 0 Å². The van der Waals surface area contributed by atoms with Crippen LogP contribution in [0.2, 0.25) is 0 Å². The number of hydrogen-bond acceptors (Lipinski definition) is 0. The van der Waals surface area contributed by atoms with Gasteiger partial charge in [0.2, 0.25) is 0 Å². The number of aryl methyl sites for hydroxylation is 1. The third kappa shape index (κ3) is 12.0. The van der Waals surface area contributed by atoms with Crippen molar-refractivity contribution in [1.82, 2.24) is 0 Å². The molecule has 0 heterocycles. The van der Waals surface area contributed by atoms with Crippen molar-refractivity contribution in [2.45, 2.75) is 122 Å². The van der Waals surface area contributed by atoms with Crippen molar-refractivity contribution in [1.29, 1.82) is 0 Å². The lowest BCUT2D eigenvalue weighted by molar-refractivity contribution is 0.535. The van der Waals surface area contributed by atoms with Crippen molar-refractivity contribution in [2.75, 3.05) is 0 Å². The van der Waals surface area contributed by atoms with E-state index in [1.807, 2.05) is 0 Å². The van der Waals surface area contributed by atoms with E-state index in [1.165, 1.54) is 107 Å². The molecule has 0 saturated heterocycles. The van der Waals surface area contributed by atoms with Gasteiger partial charge in [-0.15, -0.1) is 11.6 Å². The normalized spacial score (nSPS) is 11.8. The van der Waals surface area contributed by atoms with E-state index in [2.05, 4.69) is 45.0 Å². The molecular formula is C25H43Cl. The molecule has 1 heteroatoms. The lowest BCUT2D eigenvalue weighted by Gasteiger charge is -2.17. The predicted octanol–water partition coefficient (Wildman–Crippen LogP) is 9.18. The second-order valence-electron chi connectivity index (χ2n) is 8.52. The van der Waals surface area contributed by atoms with Crippen LogP contribution in [0.4, 0.5) is 0 Å². The number of alkyl halides is 1. The Morgan fingerprint density at radius 2 is 1.15 bits per heavy atom. The molecule has 26 heavy (non-hydrogen) atoms. The molecule has 0 unspecified atom stereocenters. The van der Waals surface area contributed by atoms with Gasteiger partial charge in [-0.05, 0) is 37.8 Å². The maximum Gasteiger partial charge on any atom is 0.0638 e. The van der Waals surface area contributed by atoms with Crippen LogP contribution < -0.4 is 0 Å². The fourth-order valence-corrected chi connectivity index (χ4v) is 3.74. The lowest BCUT2D eigenvalue weighted by Crippen LogP contribution is -2.07. The topological polar surface area (TPSA) is 0 Å². The first kappa shape index (κ1) is 23.5. The van der Waals surface area contributed by atoms with Crippen LogP contribution in [-0.4, -0.2) is 0 Å². The van der Waals surface area contributed by atoms with E-state index in [-0.39, 0.29) is 4.87 Å². The molecule has 1 rings (SSSR count). The molecule has 0 amide bonds. The molecule has 0 aromatic heterocycles. The minimum atomic E-state index is -0.258. The van der Waals surface area contributed by atoms with Crippen molar-refractivity contribution in [3.8, 4) is 0 Å².